The number of amides is 1. The second-order valence-corrected chi connectivity index (χ2v) is 8.37. The summed E-state index contributed by atoms with van der Waals surface area (Å²) in [4.78, 5) is 27.4. The first kappa shape index (κ1) is 22.0. The van der Waals surface area contributed by atoms with Gasteiger partial charge in [0.1, 0.15) is 5.58 Å². The largest absolute Gasteiger partial charge is 0.464 e. The Bertz CT molecular complexity index is 1320. The van der Waals surface area contributed by atoms with Crippen LogP contribution in [-0.2, 0) is 25.5 Å². The summed E-state index contributed by atoms with van der Waals surface area (Å²) >= 11 is 0. The number of carbonyl (C=O) groups is 2. The molecule has 1 aliphatic rings. The lowest BCUT2D eigenvalue weighted by Gasteiger charge is -2.28. The second kappa shape index (κ2) is 9.57. The summed E-state index contributed by atoms with van der Waals surface area (Å²) in [7, 11) is 0. The minimum atomic E-state index is -0.929. The third kappa shape index (κ3) is 4.61. The van der Waals surface area contributed by atoms with Crippen molar-refractivity contribution in [2.24, 2.45) is 0 Å². The Kier molecular flexibility index (Phi) is 6.18. The molecule has 1 unspecified atom stereocenters. The number of fused-ring (bicyclic) bond motifs is 3. The van der Waals surface area contributed by atoms with Crippen LogP contribution in [0.1, 0.15) is 12.5 Å². The van der Waals surface area contributed by atoms with Crippen LogP contribution in [0.25, 0.3) is 21.7 Å². The van der Waals surface area contributed by atoms with Gasteiger partial charge in [-0.3, -0.25) is 9.59 Å². The van der Waals surface area contributed by atoms with E-state index in [-0.39, 0.29) is 12.3 Å². The molecule has 1 saturated heterocycles. The molecule has 1 amide bonds. The molecule has 174 valence electrons. The predicted molar refractivity (Wildman–Crippen MR) is 131 cm³/mol. The molecule has 34 heavy (non-hydrogen) atoms. The van der Waals surface area contributed by atoms with E-state index in [1.807, 2.05) is 60.7 Å². The molecule has 0 radical (unpaired) electrons. The molecule has 1 N–H and O–H groups in total. The number of hydrogen-bond acceptors (Lipinski definition) is 6. The molecule has 7 nitrogen and oxygen atoms in total. The first-order valence-electron chi connectivity index (χ1n) is 11.4. The number of nitrogens with zero attached hydrogens (tertiary/aromatic N) is 1. The van der Waals surface area contributed by atoms with Gasteiger partial charge in [-0.2, -0.15) is 0 Å². The SMILES string of the molecule is CC(OC(=O)Cc1coc2ccc3ccccc3c12)C(=O)Nc1ccc(N2CCOCC2)cc1. The molecule has 1 aromatic heterocycles. The van der Waals surface area contributed by atoms with Crippen molar-refractivity contribution in [2.45, 2.75) is 19.4 Å². The van der Waals surface area contributed by atoms with E-state index in [2.05, 4.69) is 10.2 Å². The number of morpholine rings is 1. The summed E-state index contributed by atoms with van der Waals surface area (Å²) < 4.78 is 16.5. The monoisotopic (exact) mass is 458 g/mol. The average molecular weight is 459 g/mol. The zero-order valence-electron chi connectivity index (χ0n) is 19.0. The zero-order chi connectivity index (χ0) is 23.5. The van der Waals surface area contributed by atoms with Crippen molar-refractivity contribution in [3.63, 3.8) is 0 Å². The highest BCUT2D eigenvalue weighted by atomic mass is 16.5. The van der Waals surface area contributed by atoms with Gasteiger partial charge in [-0.1, -0.05) is 30.3 Å². The maximum atomic E-state index is 12.6. The molecule has 1 atom stereocenters. The van der Waals surface area contributed by atoms with E-state index in [1.54, 1.807) is 13.2 Å². The van der Waals surface area contributed by atoms with Crippen molar-refractivity contribution in [3.05, 3.63) is 72.5 Å². The van der Waals surface area contributed by atoms with Gasteiger partial charge in [-0.15, -0.1) is 0 Å². The summed E-state index contributed by atoms with van der Waals surface area (Å²) in [6, 6.07) is 19.5. The van der Waals surface area contributed by atoms with Crippen LogP contribution in [0.4, 0.5) is 11.4 Å². The number of rotatable bonds is 6. The number of ether oxygens (including phenoxy) is 2. The normalized spacial score (nSPS) is 14.8. The van der Waals surface area contributed by atoms with Gasteiger partial charge in [0.25, 0.3) is 5.91 Å². The molecule has 5 rings (SSSR count). The van der Waals surface area contributed by atoms with Crippen molar-refractivity contribution in [3.8, 4) is 0 Å². The van der Waals surface area contributed by atoms with Gasteiger partial charge in [0, 0.05) is 35.4 Å². The van der Waals surface area contributed by atoms with Crippen LogP contribution in [0.5, 0.6) is 0 Å². The lowest BCUT2D eigenvalue weighted by Crippen LogP contribution is -2.36. The van der Waals surface area contributed by atoms with Crippen LogP contribution in [0, 0.1) is 0 Å². The second-order valence-electron chi connectivity index (χ2n) is 8.37. The number of anilines is 2. The predicted octanol–water partition coefficient (Wildman–Crippen LogP) is 4.54. The molecule has 1 fully saturated rings. The summed E-state index contributed by atoms with van der Waals surface area (Å²) in [6.45, 7) is 4.69. The van der Waals surface area contributed by atoms with Crippen LogP contribution in [0.15, 0.2) is 71.3 Å². The number of hydrogen-bond donors (Lipinski definition) is 1. The first-order valence-corrected chi connectivity index (χ1v) is 11.4. The quantitative estimate of drug-likeness (QED) is 0.428. The third-order valence-electron chi connectivity index (χ3n) is 6.06. The smallest absolute Gasteiger partial charge is 0.311 e. The van der Waals surface area contributed by atoms with Crippen molar-refractivity contribution in [2.75, 3.05) is 36.5 Å². The Hall–Kier alpha value is -3.84. The molecule has 3 aromatic carbocycles. The van der Waals surface area contributed by atoms with Crippen LogP contribution < -0.4 is 10.2 Å². The summed E-state index contributed by atoms with van der Waals surface area (Å²) in [5, 5.41) is 5.79. The first-order chi connectivity index (χ1) is 16.6. The Balaban J connectivity index is 1.20. The highest BCUT2D eigenvalue weighted by Crippen LogP contribution is 2.30. The standard InChI is InChI=1S/C27H26N2O5/c1-18(27(31)28-21-7-9-22(10-8-21)29-12-14-32-15-13-29)34-25(30)16-20-17-33-24-11-6-19-4-2-3-5-23(19)26(20)24/h2-11,17-18H,12-16H2,1H3,(H,28,31). The molecule has 4 aromatic rings. The molecular weight excluding hydrogens is 432 g/mol. The topological polar surface area (TPSA) is 81.0 Å². The molecule has 1 aliphatic heterocycles. The van der Waals surface area contributed by atoms with Crippen molar-refractivity contribution < 1.29 is 23.5 Å². The van der Waals surface area contributed by atoms with Crippen LogP contribution >= 0.6 is 0 Å². The fourth-order valence-corrected chi connectivity index (χ4v) is 4.27. The molecule has 0 saturated carbocycles. The number of carbonyl (C=O) groups excluding carboxylic acids is 2. The fraction of sp³-hybridized carbons (Fsp3) is 0.259. The van der Waals surface area contributed by atoms with Crippen LogP contribution in [0.3, 0.4) is 0 Å². The summed E-state index contributed by atoms with van der Waals surface area (Å²) in [6.07, 6.45) is 0.674. The van der Waals surface area contributed by atoms with Crippen molar-refractivity contribution in [1.82, 2.24) is 0 Å². The van der Waals surface area contributed by atoms with Gasteiger partial charge in [-0.05, 0) is 48.0 Å². The molecule has 7 heteroatoms. The maximum Gasteiger partial charge on any atom is 0.311 e. The summed E-state index contributed by atoms with van der Waals surface area (Å²) in [5.41, 5.74) is 3.19. The minimum Gasteiger partial charge on any atom is -0.464 e. The summed E-state index contributed by atoms with van der Waals surface area (Å²) in [5.74, 6) is -0.865. The zero-order valence-corrected chi connectivity index (χ0v) is 19.0. The van der Waals surface area contributed by atoms with E-state index in [1.165, 1.54) is 0 Å². The molecule has 0 aliphatic carbocycles. The van der Waals surface area contributed by atoms with E-state index in [9.17, 15) is 9.59 Å². The highest BCUT2D eigenvalue weighted by molar-refractivity contribution is 6.08. The van der Waals surface area contributed by atoms with Gasteiger partial charge in [-0.25, -0.2) is 0 Å². The average Bonchev–Trinajstić information content (AvgIpc) is 3.28. The van der Waals surface area contributed by atoms with E-state index >= 15 is 0 Å². The van der Waals surface area contributed by atoms with E-state index in [0.717, 1.165) is 40.5 Å². The Morgan fingerprint density at radius 3 is 2.59 bits per heavy atom. The number of furan rings is 1. The Morgan fingerprint density at radius 1 is 1.03 bits per heavy atom. The van der Waals surface area contributed by atoms with Gasteiger partial charge in [0.2, 0.25) is 0 Å². The highest BCUT2D eigenvalue weighted by Gasteiger charge is 2.20. The van der Waals surface area contributed by atoms with Gasteiger partial charge in [0.15, 0.2) is 6.10 Å². The number of nitrogens with one attached hydrogen (secondary N) is 1. The number of benzene rings is 3. The molecule has 0 spiro atoms. The molecule has 0 bridgehead atoms. The molecular formula is C27H26N2O5. The lowest BCUT2D eigenvalue weighted by atomic mass is 10.0. The van der Waals surface area contributed by atoms with E-state index < -0.39 is 12.1 Å². The third-order valence-corrected chi connectivity index (χ3v) is 6.06. The van der Waals surface area contributed by atoms with Crippen LogP contribution in [0.2, 0.25) is 0 Å². The van der Waals surface area contributed by atoms with E-state index in [0.29, 0.717) is 24.5 Å². The van der Waals surface area contributed by atoms with Crippen molar-refractivity contribution in [1.29, 1.82) is 0 Å². The van der Waals surface area contributed by atoms with Crippen molar-refractivity contribution >= 4 is 45.0 Å². The van der Waals surface area contributed by atoms with Gasteiger partial charge >= 0.3 is 5.97 Å². The fourth-order valence-electron chi connectivity index (χ4n) is 4.27. The van der Waals surface area contributed by atoms with Gasteiger partial charge in [0.05, 0.1) is 25.9 Å². The van der Waals surface area contributed by atoms with E-state index in [4.69, 9.17) is 13.9 Å². The van der Waals surface area contributed by atoms with Crippen LogP contribution in [-0.4, -0.2) is 44.3 Å². The minimum absolute atomic E-state index is 0.0207. The Labute approximate surface area is 197 Å². The maximum absolute atomic E-state index is 12.6. The number of esters is 1. The lowest BCUT2D eigenvalue weighted by molar-refractivity contribution is -0.152. The van der Waals surface area contributed by atoms with Gasteiger partial charge < -0.3 is 24.1 Å². The Morgan fingerprint density at radius 2 is 1.79 bits per heavy atom. The molecule has 2 heterocycles.